The third-order valence-electron chi connectivity index (χ3n) is 5.33. The normalized spacial score (nSPS) is 14.3. The highest BCUT2D eigenvalue weighted by molar-refractivity contribution is 6.04. The summed E-state index contributed by atoms with van der Waals surface area (Å²) in [7, 11) is 3.14. The van der Waals surface area contributed by atoms with E-state index < -0.39 is 6.17 Å². The summed E-state index contributed by atoms with van der Waals surface area (Å²) in [5.41, 5.74) is 2.66. The second-order valence-electron chi connectivity index (χ2n) is 7.38. The maximum absolute atomic E-state index is 12.9. The molecule has 1 aromatic heterocycles. The molecule has 0 fully saturated rings. The van der Waals surface area contributed by atoms with Gasteiger partial charge in [0.2, 0.25) is 5.91 Å². The van der Waals surface area contributed by atoms with Crippen LogP contribution in [0.5, 0.6) is 11.5 Å². The highest BCUT2D eigenvalue weighted by Gasteiger charge is 2.31. The predicted molar refractivity (Wildman–Crippen MR) is 123 cm³/mol. The molecule has 1 unspecified atom stereocenters. The summed E-state index contributed by atoms with van der Waals surface area (Å²) in [6.07, 6.45) is 3.04. The highest BCUT2D eigenvalue weighted by Crippen LogP contribution is 2.30. The number of hydrogen-bond acceptors (Lipinski definition) is 6. The first-order valence-electron chi connectivity index (χ1n) is 10.5. The molecule has 4 rings (SSSR count). The van der Waals surface area contributed by atoms with Gasteiger partial charge >= 0.3 is 0 Å². The Labute approximate surface area is 191 Å². The van der Waals surface area contributed by atoms with Gasteiger partial charge in [0.1, 0.15) is 0 Å². The summed E-state index contributed by atoms with van der Waals surface area (Å²) in [5.74, 6) is 0.653. The molecule has 1 N–H and O–H groups in total. The van der Waals surface area contributed by atoms with Crippen LogP contribution in [0.4, 0.5) is 0 Å². The maximum Gasteiger partial charge on any atom is 0.254 e. The van der Waals surface area contributed by atoms with Gasteiger partial charge in [-0.15, -0.1) is 0 Å². The molecule has 8 nitrogen and oxygen atoms in total. The third kappa shape index (κ3) is 4.85. The average molecular weight is 444 g/mol. The lowest BCUT2D eigenvalue weighted by Gasteiger charge is -2.32. The third-order valence-corrected chi connectivity index (χ3v) is 5.33. The van der Waals surface area contributed by atoms with E-state index in [1.165, 1.54) is 11.2 Å². The largest absolute Gasteiger partial charge is 0.493 e. The summed E-state index contributed by atoms with van der Waals surface area (Å²) in [5, 5.41) is 8.94. The molecule has 0 bridgehead atoms. The van der Waals surface area contributed by atoms with Crippen LogP contribution in [-0.2, 0) is 4.79 Å². The number of aromatic nitrogens is 1. The Morgan fingerprint density at radius 2 is 1.79 bits per heavy atom. The molecular formula is C25H24N4O4. The zero-order valence-electron chi connectivity index (χ0n) is 18.4. The molecule has 1 aliphatic rings. The first-order valence-corrected chi connectivity index (χ1v) is 10.5. The Hall–Kier alpha value is -4.20. The molecule has 2 amide bonds. The summed E-state index contributed by atoms with van der Waals surface area (Å²) in [6, 6.07) is 18.1. The van der Waals surface area contributed by atoms with Gasteiger partial charge in [-0.1, -0.05) is 30.3 Å². The van der Waals surface area contributed by atoms with Crippen LogP contribution in [0, 0.1) is 0 Å². The topological polar surface area (TPSA) is 93.1 Å². The van der Waals surface area contributed by atoms with Crippen molar-refractivity contribution in [3.8, 4) is 11.5 Å². The van der Waals surface area contributed by atoms with Crippen molar-refractivity contribution in [3.05, 3.63) is 89.7 Å². The lowest BCUT2D eigenvalue weighted by molar-refractivity contribution is -0.134. The molecule has 1 atom stereocenters. The molecule has 0 radical (unpaired) electrons. The fraction of sp³-hybridized carbons (Fsp3) is 0.200. The number of carbonyl (C=O) groups excluding carboxylic acids is 2. The Bertz CT molecular complexity index is 1170. The first kappa shape index (κ1) is 22.0. The monoisotopic (exact) mass is 444 g/mol. The fourth-order valence-corrected chi connectivity index (χ4v) is 3.62. The van der Waals surface area contributed by atoms with Gasteiger partial charge in [0, 0.05) is 30.8 Å². The standard InChI is InChI=1S/C25H24N4O4/c1-32-21-12-10-18(15-22(21)33-2)20-11-13-23(30)29(28-20)24(17-7-4-3-5-8-17)27-25(31)19-9-6-14-26-16-19/h3-10,12,14-16,24H,11,13H2,1-2H3,(H,27,31). The molecule has 2 heterocycles. The van der Waals surface area contributed by atoms with Crippen LogP contribution in [-0.4, -0.2) is 41.7 Å². The van der Waals surface area contributed by atoms with E-state index in [0.717, 1.165) is 11.1 Å². The van der Waals surface area contributed by atoms with E-state index in [9.17, 15) is 9.59 Å². The minimum atomic E-state index is -0.776. The fourth-order valence-electron chi connectivity index (χ4n) is 3.62. The lowest BCUT2D eigenvalue weighted by atomic mass is 10.0. The van der Waals surface area contributed by atoms with Gasteiger partial charge in [0.25, 0.3) is 5.91 Å². The van der Waals surface area contributed by atoms with Crippen LogP contribution in [0.2, 0.25) is 0 Å². The summed E-state index contributed by atoms with van der Waals surface area (Å²) >= 11 is 0. The van der Waals surface area contributed by atoms with Crippen LogP contribution in [0.3, 0.4) is 0 Å². The maximum atomic E-state index is 12.9. The van der Waals surface area contributed by atoms with Crippen molar-refractivity contribution in [2.24, 2.45) is 5.10 Å². The minimum absolute atomic E-state index is 0.181. The van der Waals surface area contributed by atoms with E-state index in [-0.39, 0.29) is 18.2 Å². The predicted octanol–water partition coefficient (Wildman–Crippen LogP) is 3.55. The number of carbonyl (C=O) groups is 2. The molecule has 8 heteroatoms. The molecule has 3 aromatic rings. The Kier molecular flexibility index (Phi) is 6.64. The molecule has 2 aromatic carbocycles. The van der Waals surface area contributed by atoms with E-state index in [1.54, 1.807) is 38.6 Å². The Morgan fingerprint density at radius 1 is 1.00 bits per heavy atom. The van der Waals surface area contributed by atoms with Crippen molar-refractivity contribution in [1.29, 1.82) is 0 Å². The van der Waals surface area contributed by atoms with Gasteiger partial charge in [0.05, 0.1) is 25.5 Å². The van der Waals surface area contributed by atoms with Crippen LogP contribution in [0.25, 0.3) is 0 Å². The number of methoxy groups -OCH3 is 2. The van der Waals surface area contributed by atoms with Gasteiger partial charge in [-0.2, -0.15) is 5.10 Å². The SMILES string of the molecule is COc1ccc(C2=NN(C(NC(=O)c3cccnc3)c3ccccc3)C(=O)CC2)cc1OC. The minimum Gasteiger partial charge on any atom is -0.493 e. The van der Waals surface area contributed by atoms with E-state index in [4.69, 9.17) is 9.47 Å². The first-order chi connectivity index (χ1) is 16.1. The number of hydrogen-bond donors (Lipinski definition) is 1. The number of nitrogens with zero attached hydrogens (tertiary/aromatic N) is 3. The van der Waals surface area contributed by atoms with Crippen molar-refractivity contribution in [2.75, 3.05) is 14.2 Å². The van der Waals surface area contributed by atoms with E-state index in [1.807, 2.05) is 42.5 Å². The molecule has 0 spiro atoms. The second kappa shape index (κ2) is 9.95. The smallest absolute Gasteiger partial charge is 0.254 e. The lowest BCUT2D eigenvalue weighted by Crippen LogP contribution is -2.44. The molecule has 0 saturated carbocycles. The number of rotatable bonds is 7. The molecule has 168 valence electrons. The van der Waals surface area contributed by atoms with Gasteiger partial charge in [-0.25, -0.2) is 5.01 Å². The zero-order chi connectivity index (χ0) is 23.2. The van der Waals surface area contributed by atoms with Crippen molar-refractivity contribution in [2.45, 2.75) is 19.0 Å². The second-order valence-corrected chi connectivity index (χ2v) is 7.38. The number of nitrogens with one attached hydrogen (secondary N) is 1. The van der Waals surface area contributed by atoms with Crippen molar-refractivity contribution < 1.29 is 19.1 Å². The van der Waals surface area contributed by atoms with Crippen molar-refractivity contribution in [3.63, 3.8) is 0 Å². The summed E-state index contributed by atoms with van der Waals surface area (Å²) in [6.45, 7) is 0. The molecule has 0 saturated heterocycles. The van der Waals surface area contributed by atoms with E-state index >= 15 is 0 Å². The van der Waals surface area contributed by atoms with E-state index in [2.05, 4.69) is 15.4 Å². The van der Waals surface area contributed by atoms with Gasteiger partial charge in [0.15, 0.2) is 17.7 Å². The average Bonchev–Trinajstić information content (AvgIpc) is 2.88. The summed E-state index contributed by atoms with van der Waals surface area (Å²) < 4.78 is 10.7. The Morgan fingerprint density at radius 3 is 2.48 bits per heavy atom. The number of hydrazone groups is 1. The number of benzene rings is 2. The molecular weight excluding hydrogens is 420 g/mol. The quantitative estimate of drug-likeness (QED) is 0.602. The van der Waals surface area contributed by atoms with Crippen LogP contribution in [0.1, 0.15) is 40.5 Å². The number of ether oxygens (including phenoxy) is 2. The molecule has 1 aliphatic heterocycles. The van der Waals surface area contributed by atoms with Gasteiger partial charge < -0.3 is 14.8 Å². The number of pyridine rings is 1. The Balaban J connectivity index is 1.71. The van der Waals surface area contributed by atoms with Crippen LogP contribution < -0.4 is 14.8 Å². The van der Waals surface area contributed by atoms with Gasteiger partial charge in [-0.05, 0) is 35.9 Å². The molecule has 0 aliphatic carbocycles. The highest BCUT2D eigenvalue weighted by atomic mass is 16.5. The summed E-state index contributed by atoms with van der Waals surface area (Å²) in [4.78, 5) is 29.9. The van der Waals surface area contributed by atoms with Crippen molar-refractivity contribution >= 4 is 17.5 Å². The van der Waals surface area contributed by atoms with Crippen LogP contribution in [0.15, 0.2) is 78.2 Å². The van der Waals surface area contributed by atoms with Crippen molar-refractivity contribution in [1.82, 2.24) is 15.3 Å². The zero-order valence-corrected chi connectivity index (χ0v) is 18.4. The van der Waals surface area contributed by atoms with Crippen LogP contribution >= 0.6 is 0 Å². The number of amides is 2. The molecule has 33 heavy (non-hydrogen) atoms. The van der Waals surface area contributed by atoms with Gasteiger partial charge in [-0.3, -0.25) is 14.6 Å². The van der Waals surface area contributed by atoms with E-state index in [0.29, 0.717) is 29.2 Å².